The van der Waals surface area contributed by atoms with Gasteiger partial charge in [0.25, 0.3) is 5.56 Å². The molecule has 1 aliphatic rings. The van der Waals surface area contributed by atoms with Crippen LogP contribution in [-0.2, 0) is 11.5 Å². The van der Waals surface area contributed by atoms with Gasteiger partial charge in [-0.1, -0.05) is 6.07 Å². The van der Waals surface area contributed by atoms with Gasteiger partial charge in [0.05, 0.1) is 13.7 Å². The van der Waals surface area contributed by atoms with E-state index in [1.807, 2.05) is 30.5 Å². The molecule has 4 rings (SSSR count). The van der Waals surface area contributed by atoms with Crippen molar-refractivity contribution in [1.82, 2.24) is 4.57 Å². The lowest BCUT2D eigenvalue weighted by Crippen LogP contribution is -2.19. The van der Waals surface area contributed by atoms with Crippen LogP contribution >= 0.6 is 0 Å². The van der Waals surface area contributed by atoms with Gasteiger partial charge in [-0.25, -0.2) is 0 Å². The number of hydrogen-bond donors (Lipinski definition) is 0. The van der Waals surface area contributed by atoms with Crippen molar-refractivity contribution < 1.29 is 13.9 Å². The molecule has 144 valence electrons. The second-order valence-corrected chi connectivity index (χ2v) is 9.08. The first-order chi connectivity index (χ1) is 13.5. The van der Waals surface area contributed by atoms with Crippen LogP contribution in [0.25, 0.3) is 21.9 Å². The highest BCUT2D eigenvalue weighted by atomic mass is 28.3. The largest absolute Gasteiger partial charge is 0.497 e. The molecule has 1 heterocycles. The monoisotopic (exact) mass is 393 g/mol. The topological polar surface area (TPSA) is 57.5 Å². The van der Waals surface area contributed by atoms with Crippen LogP contribution in [0.2, 0.25) is 6.55 Å². The summed E-state index contributed by atoms with van der Waals surface area (Å²) in [5.41, 5.74) is 1.65. The van der Waals surface area contributed by atoms with E-state index in [1.54, 1.807) is 37.4 Å². The predicted molar refractivity (Wildman–Crippen MR) is 111 cm³/mol. The quantitative estimate of drug-likeness (QED) is 0.603. The third-order valence-electron chi connectivity index (χ3n) is 5.24. The van der Waals surface area contributed by atoms with Crippen molar-refractivity contribution in [3.63, 3.8) is 0 Å². The number of fused-ring (bicyclic) bond motifs is 1. The molecule has 0 spiro atoms. The van der Waals surface area contributed by atoms with E-state index in [4.69, 9.17) is 9.47 Å². The zero-order chi connectivity index (χ0) is 19.8. The van der Waals surface area contributed by atoms with Gasteiger partial charge < -0.3 is 18.5 Å². The van der Waals surface area contributed by atoms with Gasteiger partial charge in [-0.15, -0.1) is 0 Å². The maximum atomic E-state index is 12.6. The normalized spacial score (nSPS) is 13.5. The summed E-state index contributed by atoms with van der Waals surface area (Å²) in [7, 11) is 1.49. The molecule has 0 saturated heterocycles. The molecule has 5 nitrogen and oxygen atoms in total. The highest BCUT2D eigenvalue weighted by Gasteiger charge is 2.23. The van der Waals surface area contributed by atoms with E-state index in [0.29, 0.717) is 23.7 Å². The average Bonchev–Trinajstić information content (AvgIpc) is 3.53. The van der Waals surface area contributed by atoms with Crippen molar-refractivity contribution in [3.05, 3.63) is 52.9 Å². The summed E-state index contributed by atoms with van der Waals surface area (Å²) in [4.78, 5) is 12.6. The summed E-state index contributed by atoms with van der Waals surface area (Å²) in [6, 6.07) is 11.2. The fraction of sp³-hybridized carbons (Fsp3) is 0.318. The SMILES string of the molecule is COc1ccc2c(=O)n(C)cc(-c3cc([Si](C)=O)ccc3OCC3CC3)c2c1. The van der Waals surface area contributed by atoms with Gasteiger partial charge in [-0.05, 0) is 60.8 Å². The molecule has 6 heteroatoms. The number of benzene rings is 2. The van der Waals surface area contributed by atoms with E-state index < -0.39 is 8.68 Å². The molecular formula is C22H23NO4Si. The lowest BCUT2D eigenvalue weighted by molar-refractivity contribution is 0.301. The van der Waals surface area contributed by atoms with Gasteiger partial charge in [-0.3, -0.25) is 4.79 Å². The number of ether oxygens (including phenoxy) is 2. The first kappa shape index (κ1) is 18.6. The maximum Gasteiger partial charge on any atom is 0.308 e. The Bertz CT molecular complexity index is 1130. The number of aryl methyl sites for hydroxylation is 1. The number of pyridine rings is 1. The molecule has 0 radical (unpaired) electrons. The molecule has 0 amide bonds. The Morgan fingerprint density at radius 2 is 1.89 bits per heavy atom. The Kier molecular flexibility index (Phi) is 4.89. The lowest BCUT2D eigenvalue weighted by Gasteiger charge is -2.16. The van der Waals surface area contributed by atoms with Gasteiger partial charge in [0.15, 0.2) is 0 Å². The number of methoxy groups -OCH3 is 1. The molecule has 0 bridgehead atoms. The summed E-state index contributed by atoms with van der Waals surface area (Å²) >= 11 is 0. The molecule has 3 aromatic rings. The molecule has 2 aromatic carbocycles. The van der Waals surface area contributed by atoms with Crippen molar-refractivity contribution in [2.45, 2.75) is 19.4 Å². The van der Waals surface area contributed by atoms with Gasteiger partial charge in [0.2, 0.25) is 0 Å². The fourth-order valence-electron chi connectivity index (χ4n) is 3.36. The Balaban J connectivity index is 1.96. The van der Waals surface area contributed by atoms with Crippen LogP contribution < -0.4 is 20.2 Å². The smallest absolute Gasteiger partial charge is 0.308 e. The minimum atomic E-state index is -1.86. The van der Waals surface area contributed by atoms with Crippen LogP contribution in [0.15, 0.2) is 47.4 Å². The van der Waals surface area contributed by atoms with Crippen LogP contribution in [0.5, 0.6) is 11.5 Å². The summed E-state index contributed by atoms with van der Waals surface area (Å²) in [6.07, 6.45) is 4.23. The Hall–Kier alpha value is -2.73. The zero-order valence-corrected chi connectivity index (χ0v) is 17.3. The highest BCUT2D eigenvalue weighted by Crippen LogP contribution is 2.36. The van der Waals surface area contributed by atoms with E-state index in [0.717, 1.165) is 27.4 Å². The Morgan fingerprint density at radius 3 is 2.57 bits per heavy atom. The molecule has 0 atom stereocenters. The molecule has 0 aliphatic heterocycles. The predicted octanol–water partition coefficient (Wildman–Crippen LogP) is 3.26. The number of rotatable bonds is 6. The third-order valence-corrected chi connectivity index (χ3v) is 6.36. The molecule has 1 fully saturated rings. The van der Waals surface area contributed by atoms with Gasteiger partial charge in [0, 0.05) is 35.1 Å². The van der Waals surface area contributed by atoms with Gasteiger partial charge in [0.1, 0.15) is 11.5 Å². The van der Waals surface area contributed by atoms with Crippen LogP contribution in [-0.4, -0.2) is 27.0 Å². The second kappa shape index (κ2) is 7.35. The summed E-state index contributed by atoms with van der Waals surface area (Å²) in [5, 5.41) is 2.21. The lowest BCUT2D eigenvalue weighted by atomic mass is 9.99. The maximum absolute atomic E-state index is 12.6. The number of aromatic nitrogens is 1. The molecular weight excluding hydrogens is 370 g/mol. The van der Waals surface area contributed by atoms with Gasteiger partial charge in [-0.2, -0.15) is 0 Å². The molecule has 1 aliphatic carbocycles. The second-order valence-electron chi connectivity index (χ2n) is 7.39. The van der Waals surface area contributed by atoms with Crippen molar-refractivity contribution in [1.29, 1.82) is 0 Å². The summed E-state index contributed by atoms with van der Waals surface area (Å²) < 4.78 is 25.2. The highest BCUT2D eigenvalue weighted by molar-refractivity contribution is 6.58. The van der Waals surface area contributed by atoms with Crippen molar-refractivity contribution >= 4 is 24.6 Å². The number of hydrogen-bond acceptors (Lipinski definition) is 4. The molecule has 28 heavy (non-hydrogen) atoms. The first-order valence-electron chi connectivity index (χ1n) is 9.43. The van der Waals surface area contributed by atoms with Crippen LogP contribution in [0, 0.1) is 5.92 Å². The van der Waals surface area contributed by atoms with Crippen LogP contribution in [0.1, 0.15) is 12.8 Å². The molecule has 0 N–H and O–H groups in total. The van der Waals surface area contributed by atoms with Gasteiger partial charge >= 0.3 is 8.68 Å². The van der Waals surface area contributed by atoms with Crippen molar-refractivity contribution in [2.75, 3.05) is 13.7 Å². The first-order valence-corrected chi connectivity index (χ1v) is 11.3. The van der Waals surface area contributed by atoms with E-state index in [9.17, 15) is 9.26 Å². The third kappa shape index (κ3) is 3.52. The van der Waals surface area contributed by atoms with Crippen LogP contribution in [0.3, 0.4) is 0 Å². The van der Waals surface area contributed by atoms with Crippen molar-refractivity contribution in [3.8, 4) is 22.6 Å². The zero-order valence-electron chi connectivity index (χ0n) is 16.3. The average molecular weight is 394 g/mol. The van der Waals surface area contributed by atoms with Crippen LogP contribution in [0.4, 0.5) is 0 Å². The van der Waals surface area contributed by atoms with E-state index >= 15 is 0 Å². The van der Waals surface area contributed by atoms with E-state index in [2.05, 4.69) is 0 Å². The Morgan fingerprint density at radius 1 is 1.11 bits per heavy atom. The minimum Gasteiger partial charge on any atom is -0.497 e. The molecule has 1 saturated carbocycles. The Labute approximate surface area is 165 Å². The standard InChI is InChI=1S/C22H23NO4Si/c1-23-12-20(18-10-15(26-2)6-8-17(18)22(23)24)19-11-16(28(3)25)7-9-21(19)27-13-14-4-5-14/h6-12,14H,4-5,13H2,1-3H3. The summed E-state index contributed by atoms with van der Waals surface area (Å²) in [5.74, 6) is 2.05. The van der Waals surface area contributed by atoms with Crippen molar-refractivity contribution in [2.24, 2.45) is 13.0 Å². The summed E-state index contributed by atoms with van der Waals surface area (Å²) in [6.45, 7) is 2.41. The minimum absolute atomic E-state index is 0.0675. The fourth-order valence-corrected chi connectivity index (χ4v) is 4.03. The van der Waals surface area contributed by atoms with E-state index in [1.165, 1.54) is 12.8 Å². The molecule has 0 unspecified atom stereocenters. The molecule has 1 aromatic heterocycles. The van der Waals surface area contributed by atoms with E-state index in [-0.39, 0.29) is 5.56 Å². The number of nitrogens with zero attached hydrogens (tertiary/aromatic N) is 1.